The molecule has 0 radical (unpaired) electrons. The van der Waals surface area contributed by atoms with E-state index in [2.05, 4.69) is 17.1 Å². The van der Waals surface area contributed by atoms with Gasteiger partial charge in [0.25, 0.3) is 0 Å². The quantitative estimate of drug-likeness (QED) is 0.641. The third-order valence-electron chi connectivity index (χ3n) is 3.05. The maximum absolute atomic E-state index is 5.51. The Balaban J connectivity index is 1.83. The second kappa shape index (κ2) is 4.40. The van der Waals surface area contributed by atoms with E-state index in [0.29, 0.717) is 12.1 Å². The highest BCUT2D eigenvalue weighted by Gasteiger charge is 2.24. The molecule has 0 aromatic rings. The number of nitrogens with zero attached hydrogens (tertiary/aromatic N) is 1. The third kappa shape index (κ3) is 2.42. The Morgan fingerprint density at radius 1 is 1.46 bits per heavy atom. The molecule has 1 unspecified atom stereocenters. The molecule has 2 saturated heterocycles. The first-order valence-corrected chi connectivity index (χ1v) is 5.41. The Morgan fingerprint density at radius 2 is 2.38 bits per heavy atom. The van der Waals surface area contributed by atoms with Gasteiger partial charge in [-0.3, -0.25) is 4.90 Å². The SMILES string of the molecule is C[C@@H]1CN(C2CCCOC2)CCN1. The molecule has 2 atom stereocenters. The zero-order chi connectivity index (χ0) is 9.10. The summed E-state index contributed by atoms with van der Waals surface area (Å²) in [5.41, 5.74) is 0. The van der Waals surface area contributed by atoms with E-state index in [0.717, 1.165) is 19.8 Å². The molecule has 1 N–H and O–H groups in total. The van der Waals surface area contributed by atoms with Crippen molar-refractivity contribution in [3.8, 4) is 0 Å². The summed E-state index contributed by atoms with van der Waals surface area (Å²) in [4.78, 5) is 2.58. The van der Waals surface area contributed by atoms with Crippen LogP contribution in [0.2, 0.25) is 0 Å². The highest BCUT2D eigenvalue weighted by atomic mass is 16.5. The van der Waals surface area contributed by atoms with Crippen LogP contribution in [-0.2, 0) is 4.74 Å². The van der Waals surface area contributed by atoms with Crippen LogP contribution in [0.25, 0.3) is 0 Å². The van der Waals surface area contributed by atoms with E-state index >= 15 is 0 Å². The maximum atomic E-state index is 5.51. The molecule has 2 aliphatic rings. The summed E-state index contributed by atoms with van der Waals surface area (Å²) in [6, 6.07) is 1.34. The van der Waals surface area contributed by atoms with Crippen molar-refractivity contribution >= 4 is 0 Å². The second-order valence-electron chi connectivity index (χ2n) is 4.22. The minimum absolute atomic E-state index is 0.649. The summed E-state index contributed by atoms with van der Waals surface area (Å²) in [5.74, 6) is 0. The second-order valence-corrected chi connectivity index (χ2v) is 4.22. The lowest BCUT2D eigenvalue weighted by atomic mass is 10.1. The van der Waals surface area contributed by atoms with E-state index < -0.39 is 0 Å². The van der Waals surface area contributed by atoms with Crippen LogP contribution in [0.15, 0.2) is 0 Å². The molecule has 76 valence electrons. The summed E-state index contributed by atoms with van der Waals surface area (Å²) in [6.07, 6.45) is 2.57. The fourth-order valence-electron chi connectivity index (χ4n) is 2.31. The van der Waals surface area contributed by atoms with Gasteiger partial charge in [-0.15, -0.1) is 0 Å². The van der Waals surface area contributed by atoms with Gasteiger partial charge in [0.1, 0.15) is 0 Å². The van der Waals surface area contributed by atoms with Gasteiger partial charge < -0.3 is 10.1 Å². The molecule has 0 spiro atoms. The van der Waals surface area contributed by atoms with Crippen LogP contribution in [0, 0.1) is 0 Å². The summed E-state index contributed by atoms with van der Waals surface area (Å²) < 4.78 is 5.51. The van der Waals surface area contributed by atoms with Crippen LogP contribution in [-0.4, -0.2) is 49.8 Å². The Morgan fingerprint density at radius 3 is 3.08 bits per heavy atom. The highest BCUT2D eigenvalue weighted by Crippen LogP contribution is 2.14. The number of hydrogen-bond acceptors (Lipinski definition) is 3. The molecule has 0 aromatic heterocycles. The fourth-order valence-corrected chi connectivity index (χ4v) is 2.31. The first-order chi connectivity index (χ1) is 6.36. The monoisotopic (exact) mass is 184 g/mol. The standard InChI is InChI=1S/C10H20N2O/c1-9-7-12(5-4-11-9)10-3-2-6-13-8-10/h9-11H,2-8H2,1H3/t9-,10?/m1/s1. The molecule has 13 heavy (non-hydrogen) atoms. The average Bonchev–Trinajstić information content (AvgIpc) is 2.19. The van der Waals surface area contributed by atoms with E-state index in [1.54, 1.807) is 0 Å². The van der Waals surface area contributed by atoms with Gasteiger partial charge in [-0.1, -0.05) is 0 Å². The molecule has 0 aliphatic carbocycles. The van der Waals surface area contributed by atoms with E-state index in [-0.39, 0.29) is 0 Å². The number of ether oxygens (including phenoxy) is 1. The van der Waals surface area contributed by atoms with Gasteiger partial charge in [-0.05, 0) is 19.8 Å². The van der Waals surface area contributed by atoms with E-state index in [9.17, 15) is 0 Å². The van der Waals surface area contributed by atoms with Crippen LogP contribution in [0.4, 0.5) is 0 Å². The van der Waals surface area contributed by atoms with Crippen molar-refractivity contribution in [3.05, 3.63) is 0 Å². The van der Waals surface area contributed by atoms with Crippen molar-refractivity contribution in [1.82, 2.24) is 10.2 Å². The van der Waals surface area contributed by atoms with Crippen LogP contribution in [0.1, 0.15) is 19.8 Å². The molecular weight excluding hydrogens is 164 g/mol. The van der Waals surface area contributed by atoms with Gasteiger partial charge in [0.05, 0.1) is 6.61 Å². The number of piperazine rings is 1. The zero-order valence-electron chi connectivity index (χ0n) is 8.46. The van der Waals surface area contributed by atoms with Crippen molar-refractivity contribution in [1.29, 1.82) is 0 Å². The fraction of sp³-hybridized carbons (Fsp3) is 1.00. The smallest absolute Gasteiger partial charge is 0.0621 e. The summed E-state index contributed by atoms with van der Waals surface area (Å²) in [6.45, 7) is 7.70. The van der Waals surface area contributed by atoms with Gasteiger partial charge in [-0.2, -0.15) is 0 Å². The molecule has 0 aromatic carbocycles. The van der Waals surface area contributed by atoms with Gasteiger partial charge in [0, 0.05) is 38.3 Å². The molecule has 0 amide bonds. The van der Waals surface area contributed by atoms with E-state index in [4.69, 9.17) is 4.74 Å². The molecule has 2 aliphatic heterocycles. The normalized spacial score (nSPS) is 37.6. The van der Waals surface area contributed by atoms with Gasteiger partial charge >= 0.3 is 0 Å². The lowest BCUT2D eigenvalue weighted by Crippen LogP contribution is -2.54. The van der Waals surface area contributed by atoms with Crippen LogP contribution >= 0.6 is 0 Å². The average molecular weight is 184 g/mol. The minimum atomic E-state index is 0.649. The molecule has 2 rings (SSSR count). The lowest BCUT2D eigenvalue weighted by Gasteiger charge is -2.39. The van der Waals surface area contributed by atoms with Gasteiger partial charge in [-0.25, -0.2) is 0 Å². The van der Waals surface area contributed by atoms with Gasteiger partial charge in [0.15, 0.2) is 0 Å². The molecule has 2 fully saturated rings. The van der Waals surface area contributed by atoms with Crippen molar-refractivity contribution in [3.63, 3.8) is 0 Å². The number of rotatable bonds is 1. The van der Waals surface area contributed by atoms with Crippen molar-refractivity contribution in [2.75, 3.05) is 32.8 Å². The molecule has 3 nitrogen and oxygen atoms in total. The summed E-state index contributed by atoms with van der Waals surface area (Å²) >= 11 is 0. The zero-order valence-corrected chi connectivity index (χ0v) is 8.46. The lowest BCUT2D eigenvalue weighted by molar-refractivity contribution is 0.00844. The third-order valence-corrected chi connectivity index (χ3v) is 3.05. The summed E-state index contributed by atoms with van der Waals surface area (Å²) in [7, 11) is 0. The van der Waals surface area contributed by atoms with Crippen molar-refractivity contribution < 1.29 is 4.74 Å². The molecule has 2 heterocycles. The van der Waals surface area contributed by atoms with Crippen LogP contribution < -0.4 is 5.32 Å². The van der Waals surface area contributed by atoms with Crippen LogP contribution in [0.3, 0.4) is 0 Å². The topological polar surface area (TPSA) is 24.5 Å². The predicted octanol–water partition coefficient (Wildman–Crippen LogP) is 0.459. The largest absolute Gasteiger partial charge is 0.380 e. The van der Waals surface area contributed by atoms with E-state index in [1.165, 1.54) is 25.9 Å². The first kappa shape index (κ1) is 9.44. The van der Waals surface area contributed by atoms with E-state index in [1.807, 2.05) is 0 Å². The Kier molecular flexibility index (Phi) is 3.19. The molecular formula is C10H20N2O. The Bertz CT molecular complexity index is 157. The Hall–Kier alpha value is -0.120. The van der Waals surface area contributed by atoms with Crippen molar-refractivity contribution in [2.24, 2.45) is 0 Å². The minimum Gasteiger partial charge on any atom is -0.380 e. The Labute approximate surface area is 80.4 Å². The first-order valence-electron chi connectivity index (χ1n) is 5.41. The number of nitrogens with one attached hydrogen (secondary N) is 1. The maximum Gasteiger partial charge on any atom is 0.0621 e. The molecule has 0 saturated carbocycles. The van der Waals surface area contributed by atoms with Crippen LogP contribution in [0.5, 0.6) is 0 Å². The number of hydrogen-bond donors (Lipinski definition) is 1. The summed E-state index contributed by atoms with van der Waals surface area (Å²) in [5, 5.41) is 3.47. The molecule has 3 heteroatoms. The van der Waals surface area contributed by atoms with Crippen molar-refractivity contribution in [2.45, 2.75) is 31.8 Å². The molecule has 0 bridgehead atoms. The highest BCUT2D eigenvalue weighted by molar-refractivity contribution is 4.82. The predicted molar refractivity (Wildman–Crippen MR) is 52.9 cm³/mol. The van der Waals surface area contributed by atoms with Gasteiger partial charge in [0.2, 0.25) is 0 Å².